The van der Waals surface area contributed by atoms with Gasteiger partial charge in [0.2, 0.25) is 0 Å². The Hall–Kier alpha value is -2.16. The third-order valence-corrected chi connectivity index (χ3v) is 8.05. The zero-order valence-electron chi connectivity index (χ0n) is 20.1. The molecule has 3 aliphatic rings. The maximum atomic E-state index is 5.75. The molecule has 3 fully saturated rings. The first-order valence-electron chi connectivity index (χ1n) is 12.9. The molecule has 0 unspecified atom stereocenters. The highest BCUT2D eigenvalue weighted by molar-refractivity contribution is 5.56. The topological polar surface area (TPSA) is 35.0 Å². The molecule has 2 bridgehead atoms. The first-order valence-corrected chi connectivity index (χ1v) is 12.9. The van der Waals surface area contributed by atoms with Gasteiger partial charge in [-0.15, -0.1) is 0 Å². The van der Waals surface area contributed by atoms with Crippen molar-refractivity contribution in [2.24, 2.45) is 5.41 Å². The van der Waals surface area contributed by atoms with E-state index >= 15 is 0 Å². The number of fused-ring (bicyclic) bond motifs is 3. The molecule has 1 heterocycles. The lowest BCUT2D eigenvalue weighted by Crippen LogP contribution is -2.44. The SMILES string of the molecule is CCCCC/C=C/COc1cnc(-c2ccc(C34CCC(CCC)(CC3)CC4)cc2)nc1. The highest BCUT2D eigenvalue weighted by Crippen LogP contribution is 2.59. The summed E-state index contributed by atoms with van der Waals surface area (Å²) in [7, 11) is 0. The van der Waals surface area contributed by atoms with Gasteiger partial charge in [0.15, 0.2) is 11.6 Å². The van der Waals surface area contributed by atoms with Gasteiger partial charge in [0, 0.05) is 5.56 Å². The molecule has 0 saturated heterocycles. The normalized spacial score (nSPS) is 24.8. The third-order valence-electron chi connectivity index (χ3n) is 8.05. The van der Waals surface area contributed by atoms with E-state index in [0.717, 1.165) is 23.6 Å². The summed E-state index contributed by atoms with van der Waals surface area (Å²) >= 11 is 0. The van der Waals surface area contributed by atoms with Crippen LogP contribution in [-0.2, 0) is 5.41 Å². The first kappa shape index (κ1) is 23.0. The van der Waals surface area contributed by atoms with Gasteiger partial charge >= 0.3 is 0 Å². The van der Waals surface area contributed by atoms with Crippen molar-refractivity contribution < 1.29 is 4.74 Å². The zero-order valence-corrected chi connectivity index (χ0v) is 20.1. The molecule has 0 radical (unpaired) electrons. The van der Waals surface area contributed by atoms with Crippen LogP contribution in [0.3, 0.4) is 0 Å². The fourth-order valence-corrected chi connectivity index (χ4v) is 5.96. The number of allylic oxidation sites excluding steroid dienone is 1. The monoisotopic (exact) mass is 432 g/mol. The minimum atomic E-state index is 0.413. The van der Waals surface area contributed by atoms with Crippen molar-refractivity contribution in [1.29, 1.82) is 0 Å². The van der Waals surface area contributed by atoms with Gasteiger partial charge in [-0.25, -0.2) is 9.97 Å². The predicted molar refractivity (Wildman–Crippen MR) is 133 cm³/mol. The molecular formula is C29H40N2O. The molecule has 3 nitrogen and oxygen atoms in total. The summed E-state index contributed by atoms with van der Waals surface area (Å²) in [5, 5.41) is 0. The maximum Gasteiger partial charge on any atom is 0.159 e. The number of benzene rings is 1. The van der Waals surface area contributed by atoms with Crippen LogP contribution in [0.2, 0.25) is 0 Å². The van der Waals surface area contributed by atoms with Gasteiger partial charge in [-0.3, -0.25) is 0 Å². The summed E-state index contributed by atoms with van der Waals surface area (Å²) in [4.78, 5) is 9.09. The van der Waals surface area contributed by atoms with Crippen molar-refractivity contribution >= 4 is 0 Å². The Morgan fingerprint density at radius 1 is 0.844 bits per heavy atom. The van der Waals surface area contributed by atoms with Crippen molar-refractivity contribution in [3.63, 3.8) is 0 Å². The van der Waals surface area contributed by atoms with Gasteiger partial charge in [-0.05, 0) is 74.2 Å². The van der Waals surface area contributed by atoms with Crippen molar-refractivity contribution in [3.05, 3.63) is 54.4 Å². The van der Waals surface area contributed by atoms with Crippen LogP contribution in [-0.4, -0.2) is 16.6 Å². The van der Waals surface area contributed by atoms with Crippen LogP contribution in [0.25, 0.3) is 11.4 Å². The zero-order chi connectivity index (χ0) is 22.3. The van der Waals surface area contributed by atoms with E-state index in [-0.39, 0.29) is 0 Å². The van der Waals surface area contributed by atoms with E-state index in [4.69, 9.17) is 4.74 Å². The largest absolute Gasteiger partial charge is 0.486 e. The first-order chi connectivity index (χ1) is 15.7. The predicted octanol–water partition coefficient (Wildman–Crippen LogP) is 8.05. The van der Waals surface area contributed by atoms with E-state index in [1.807, 2.05) is 0 Å². The van der Waals surface area contributed by atoms with Crippen LogP contribution in [0.5, 0.6) is 5.75 Å². The second kappa shape index (κ2) is 10.6. The average molecular weight is 433 g/mol. The Morgan fingerprint density at radius 3 is 2.16 bits per heavy atom. The second-order valence-electron chi connectivity index (χ2n) is 10.1. The molecule has 32 heavy (non-hydrogen) atoms. The Labute approximate surface area is 194 Å². The number of nitrogens with zero attached hydrogens (tertiary/aromatic N) is 2. The maximum absolute atomic E-state index is 5.75. The molecule has 1 aromatic heterocycles. The van der Waals surface area contributed by atoms with Crippen molar-refractivity contribution in [3.8, 4) is 17.1 Å². The number of aromatic nitrogens is 2. The molecule has 2 aromatic rings. The van der Waals surface area contributed by atoms with Crippen LogP contribution in [0.15, 0.2) is 48.8 Å². The number of ether oxygens (including phenoxy) is 1. The van der Waals surface area contributed by atoms with Crippen LogP contribution >= 0.6 is 0 Å². The summed E-state index contributed by atoms with van der Waals surface area (Å²) in [5.41, 5.74) is 3.69. The smallest absolute Gasteiger partial charge is 0.159 e. The standard InChI is InChI=1S/C29H40N2O/c1-3-5-6-7-8-9-21-32-26-22-30-27(31-23-26)24-10-12-25(13-11-24)29-18-15-28(14-4-2,16-19-29)17-20-29/h8-13,22-23H,3-7,14-21H2,1-2H3/b9-8+. The van der Waals surface area contributed by atoms with Crippen molar-refractivity contribution in [2.75, 3.05) is 6.61 Å². The lowest BCUT2D eigenvalue weighted by Gasteiger charge is -2.54. The number of rotatable bonds is 11. The van der Waals surface area contributed by atoms with E-state index < -0.39 is 0 Å². The van der Waals surface area contributed by atoms with Gasteiger partial charge < -0.3 is 4.74 Å². The van der Waals surface area contributed by atoms with E-state index in [2.05, 4.69) is 60.2 Å². The minimum Gasteiger partial charge on any atom is -0.486 e. The highest BCUT2D eigenvalue weighted by atomic mass is 16.5. The molecule has 3 saturated carbocycles. The van der Waals surface area contributed by atoms with Crippen LogP contribution in [0.4, 0.5) is 0 Å². The average Bonchev–Trinajstić information content (AvgIpc) is 2.85. The summed E-state index contributed by atoms with van der Waals surface area (Å²) in [6.07, 6.45) is 23.9. The summed E-state index contributed by atoms with van der Waals surface area (Å²) in [6, 6.07) is 9.10. The molecule has 0 N–H and O–H groups in total. The molecule has 3 aliphatic carbocycles. The summed E-state index contributed by atoms with van der Waals surface area (Å²) < 4.78 is 5.75. The molecule has 172 valence electrons. The van der Waals surface area contributed by atoms with Gasteiger partial charge in [0.25, 0.3) is 0 Å². The van der Waals surface area contributed by atoms with E-state index in [1.54, 1.807) is 12.4 Å². The highest BCUT2D eigenvalue weighted by Gasteiger charge is 2.48. The van der Waals surface area contributed by atoms with E-state index in [1.165, 1.54) is 76.2 Å². The van der Waals surface area contributed by atoms with Crippen LogP contribution in [0.1, 0.15) is 96.5 Å². The molecule has 0 aliphatic heterocycles. The molecular weight excluding hydrogens is 392 g/mol. The Morgan fingerprint density at radius 2 is 1.53 bits per heavy atom. The number of unbranched alkanes of at least 4 members (excludes halogenated alkanes) is 3. The molecule has 5 rings (SSSR count). The third kappa shape index (κ3) is 5.24. The number of hydrogen-bond donors (Lipinski definition) is 0. The Bertz CT molecular complexity index is 845. The fraction of sp³-hybridized carbons (Fsp3) is 0.586. The lowest BCUT2D eigenvalue weighted by atomic mass is 9.51. The van der Waals surface area contributed by atoms with Crippen LogP contribution in [0, 0.1) is 5.41 Å². The molecule has 0 amide bonds. The van der Waals surface area contributed by atoms with Gasteiger partial charge in [0.1, 0.15) is 6.61 Å². The molecule has 0 atom stereocenters. The Kier molecular flexibility index (Phi) is 7.65. The van der Waals surface area contributed by atoms with Gasteiger partial charge in [-0.2, -0.15) is 0 Å². The van der Waals surface area contributed by atoms with Crippen molar-refractivity contribution in [1.82, 2.24) is 9.97 Å². The quantitative estimate of drug-likeness (QED) is 0.266. The van der Waals surface area contributed by atoms with Crippen LogP contribution < -0.4 is 4.74 Å². The van der Waals surface area contributed by atoms with Gasteiger partial charge in [-0.1, -0.05) is 69.5 Å². The van der Waals surface area contributed by atoms with E-state index in [9.17, 15) is 0 Å². The molecule has 3 heteroatoms. The van der Waals surface area contributed by atoms with Gasteiger partial charge in [0.05, 0.1) is 12.4 Å². The lowest BCUT2D eigenvalue weighted by molar-refractivity contribution is 0.0320. The minimum absolute atomic E-state index is 0.413. The van der Waals surface area contributed by atoms with Crippen molar-refractivity contribution in [2.45, 2.75) is 96.3 Å². The fourth-order valence-electron chi connectivity index (χ4n) is 5.96. The molecule has 0 spiro atoms. The molecule has 1 aromatic carbocycles. The number of hydrogen-bond acceptors (Lipinski definition) is 3. The summed E-state index contributed by atoms with van der Waals surface area (Å²) in [6.45, 7) is 5.15. The second-order valence-corrected chi connectivity index (χ2v) is 10.1. The summed E-state index contributed by atoms with van der Waals surface area (Å²) in [5.74, 6) is 1.49. The Balaban J connectivity index is 1.32. The van der Waals surface area contributed by atoms with E-state index in [0.29, 0.717) is 17.4 Å².